The van der Waals surface area contributed by atoms with Gasteiger partial charge in [0.25, 0.3) is 0 Å². The molecule has 80 valence electrons. The van der Waals surface area contributed by atoms with Gasteiger partial charge in [0.15, 0.2) is 0 Å². The van der Waals surface area contributed by atoms with Crippen LogP contribution in [-0.4, -0.2) is 18.8 Å². The molecule has 0 radical (unpaired) electrons. The number of ether oxygens (including phenoxy) is 1. The Bertz CT molecular complexity index is 132. The Morgan fingerprint density at radius 2 is 1.85 bits per heavy atom. The summed E-state index contributed by atoms with van der Waals surface area (Å²) in [7, 11) is 1.76. The zero-order chi connectivity index (χ0) is 10.5. The van der Waals surface area contributed by atoms with Gasteiger partial charge in [-0.3, -0.25) is 0 Å². The summed E-state index contributed by atoms with van der Waals surface area (Å²) in [6.45, 7) is 8.63. The smallest absolute Gasteiger partial charge is 0.0623 e. The lowest BCUT2D eigenvalue weighted by atomic mass is 9.95. The molecule has 1 atom stereocenters. The molecule has 0 fully saturated rings. The molecule has 13 heavy (non-hydrogen) atoms. The Morgan fingerprint density at radius 3 is 2.23 bits per heavy atom. The topological polar surface area (TPSA) is 35.2 Å². The van der Waals surface area contributed by atoms with Gasteiger partial charge in [0.05, 0.1) is 5.60 Å². The molecule has 0 bridgehead atoms. The van der Waals surface area contributed by atoms with Gasteiger partial charge in [0, 0.05) is 13.2 Å². The van der Waals surface area contributed by atoms with Gasteiger partial charge in [-0.25, -0.2) is 0 Å². The van der Waals surface area contributed by atoms with E-state index in [0.717, 1.165) is 19.3 Å². The van der Waals surface area contributed by atoms with E-state index < -0.39 is 0 Å². The van der Waals surface area contributed by atoms with Crippen molar-refractivity contribution in [3.8, 4) is 0 Å². The Hall–Kier alpha value is -0.0800. The van der Waals surface area contributed by atoms with Gasteiger partial charge in [-0.2, -0.15) is 0 Å². The zero-order valence-electron chi connectivity index (χ0n) is 9.76. The number of hydrogen-bond acceptors (Lipinski definition) is 2. The van der Waals surface area contributed by atoms with E-state index in [-0.39, 0.29) is 5.60 Å². The summed E-state index contributed by atoms with van der Waals surface area (Å²) >= 11 is 0. The van der Waals surface area contributed by atoms with Crippen LogP contribution in [0.3, 0.4) is 0 Å². The number of nitrogens with two attached hydrogens (primary N) is 1. The Kier molecular flexibility index (Phi) is 5.57. The minimum absolute atomic E-state index is 0.0192. The van der Waals surface area contributed by atoms with Crippen molar-refractivity contribution in [3.63, 3.8) is 0 Å². The number of hydrogen-bond donors (Lipinski definition) is 1. The van der Waals surface area contributed by atoms with Gasteiger partial charge in [0.1, 0.15) is 0 Å². The fraction of sp³-hybridized carbons (Fsp3) is 1.00. The summed E-state index contributed by atoms with van der Waals surface area (Å²) in [6, 6.07) is 0.328. The van der Waals surface area contributed by atoms with E-state index in [1.165, 1.54) is 0 Å². The molecule has 0 aromatic rings. The van der Waals surface area contributed by atoms with Crippen molar-refractivity contribution in [2.75, 3.05) is 7.11 Å². The molecule has 0 aliphatic rings. The summed E-state index contributed by atoms with van der Waals surface area (Å²) in [6.07, 6.45) is 3.20. The molecule has 0 rings (SSSR count). The average molecular weight is 187 g/mol. The van der Waals surface area contributed by atoms with E-state index in [2.05, 4.69) is 27.7 Å². The molecule has 1 unspecified atom stereocenters. The van der Waals surface area contributed by atoms with E-state index in [9.17, 15) is 0 Å². The highest BCUT2D eigenvalue weighted by atomic mass is 16.5. The van der Waals surface area contributed by atoms with Crippen LogP contribution in [0.5, 0.6) is 0 Å². The minimum atomic E-state index is -0.0192. The highest BCUT2D eigenvalue weighted by Crippen LogP contribution is 2.18. The molecule has 2 nitrogen and oxygen atoms in total. The molecular formula is C11H25NO. The van der Waals surface area contributed by atoms with Crippen molar-refractivity contribution in [2.45, 2.75) is 58.6 Å². The predicted molar refractivity (Wildman–Crippen MR) is 57.8 cm³/mol. The van der Waals surface area contributed by atoms with Crippen molar-refractivity contribution in [3.05, 3.63) is 0 Å². The molecule has 0 spiro atoms. The van der Waals surface area contributed by atoms with E-state index in [1.54, 1.807) is 7.11 Å². The maximum atomic E-state index is 5.98. The van der Waals surface area contributed by atoms with E-state index >= 15 is 0 Å². The minimum Gasteiger partial charge on any atom is -0.379 e. The quantitative estimate of drug-likeness (QED) is 0.693. The largest absolute Gasteiger partial charge is 0.379 e. The lowest BCUT2D eigenvalue weighted by molar-refractivity contribution is 0.0121. The fourth-order valence-electron chi connectivity index (χ4n) is 1.36. The van der Waals surface area contributed by atoms with Gasteiger partial charge in [-0.15, -0.1) is 0 Å². The third-order valence-electron chi connectivity index (χ3n) is 2.44. The van der Waals surface area contributed by atoms with Crippen LogP contribution in [0.4, 0.5) is 0 Å². The number of rotatable bonds is 6. The summed E-state index contributed by atoms with van der Waals surface area (Å²) in [5.74, 6) is 0.695. The lowest BCUT2D eigenvalue weighted by Crippen LogP contribution is -2.28. The molecule has 0 aliphatic heterocycles. The maximum absolute atomic E-state index is 5.98. The first-order valence-corrected chi connectivity index (χ1v) is 5.18. The van der Waals surface area contributed by atoms with Crippen molar-refractivity contribution in [1.82, 2.24) is 0 Å². The van der Waals surface area contributed by atoms with Crippen molar-refractivity contribution in [1.29, 1.82) is 0 Å². The Balaban J connectivity index is 3.63. The molecule has 0 heterocycles. The Labute approximate surface area is 82.8 Å². The van der Waals surface area contributed by atoms with Crippen LogP contribution in [0, 0.1) is 5.92 Å². The molecule has 0 aromatic heterocycles. The molecule has 0 saturated heterocycles. The second-order valence-electron chi connectivity index (χ2n) is 4.89. The van der Waals surface area contributed by atoms with E-state index in [4.69, 9.17) is 10.5 Å². The monoisotopic (exact) mass is 187 g/mol. The first-order chi connectivity index (χ1) is 5.87. The molecule has 0 saturated carbocycles. The lowest BCUT2D eigenvalue weighted by Gasteiger charge is -2.25. The van der Waals surface area contributed by atoms with Crippen LogP contribution in [-0.2, 0) is 4.74 Å². The van der Waals surface area contributed by atoms with Crippen LogP contribution >= 0.6 is 0 Å². The summed E-state index contributed by atoms with van der Waals surface area (Å²) in [4.78, 5) is 0. The molecule has 2 heteroatoms. The van der Waals surface area contributed by atoms with E-state index in [1.807, 2.05) is 0 Å². The summed E-state index contributed by atoms with van der Waals surface area (Å²) < 4.78 is 5.34. The van der Waals surface area contributed by atoms with Gasteiger partial charge in [-0.05, 0) is 39.0 Å². The second-order valence-corrected chi connectivity index (χ2v) is 4.89. The van der Waals surface area contributed by atoms with Gasteiger partial charge in [0.2, 0.25) is 0 Å². The predicted octanol–water partition coefficient (Wildman–Crippen LogP) is 2.57. The Morgan fingerprint density at radius 1 is 1.31 bits per heavy atom. The zero-order valence-corrected chi connectivity index (χ0v) is 9.76. The summed E-state index contributed by atoms with van der Waals surface area (Å²) in [5, 5.41) is 0. The van der Waals surface area contributed by atoms with Crippen LogP contribution in [0.2, 0.25) is 0 Å². The third kappa shape index (κ3) is 7.03. The van der Waals surface area contributed by atoms with Crippen LogP contribution < -0.4 is 5.73 Å². The third-order valence-corrected chi connectivity index (χ3v) is 2.44. The molecule has 0 amide bonds. The van der Waals surface area contributed by atoms with Crippen LogP contribution in [0.25, 0.3) is 0 Å². The van der Waals surface area contributed by atoms with Crippen LogP contribution in [0.1, 0.15) is 47.0 Å². The van der Waals surface area contributed by atoms with Crippen LogP contribution in [0.15, 0.2) is 0 Å². The second kappa shape index (κ2) is 5.61. The first kappa shape index (κ1) is 12.9. The van der Waals surface area contributed by atoms with E-state index in [0.29, 0.717) is 12.0 Å². The molecule has 0 aliphatic carbocycles. The van der Waals surface area contributed by atoms with Crippen molar-refractivity contribution in [2.24, 2.45) is 11.7 Å². The maximum Gasteiger partial charge on any atom is 0.0623 e. The van der Waals surface area contributed by atoms with Crippen molar-refractivity contribution < 1.29 is 4.74 Å². The van der Waals surface area contributed by atoms with Gasteiger partial charge in [-0.1, -0.05) is 13.8 Å². The SMILES string of the molecule is COC(C)(C)CCC(N)CC(C)C. The molecular weight excluding hydrogens is 162 g/mol. The van der Waals surface area contributed by atoms with Gasteiger partial charge >= 0.3 is 0 Å². The highest BCUT2D eigenvalue weighted by molar-refractivity contribution is 4.72. The highest BCUT2D eigenvalue weighted by Gasteiger charge is 2.17. The van der Waals surface area contributed by atoms with Crippen molar-refractivity contribution >= 4 is 0 Å². The van der Waals surface area contributed by atoms with Gasteiger partial charge < -0.3 is 10.5 Å². The average Bonchev–Trinajstić information content (AvgIpc) is 2.00. The normalized spacial score (nSPS) is 15.0. The number of methoxy groups -OCH3 is 1. The standard InChI is InChI=1S/C11H25NO/c1-9(2)8-10(12)6-7-11(3,4)13-5/h9-10H,6-8,12H2,1-5H3. The fourth-order valence-corrected chi connectivity index (χ4v) is 1.36. The molecule has 0 aromatic carbocycles. The summed E-state index contributed by atoms with van der Waals surface area (Å²) in [5.41, 5.74) is 5.96. The molecule has 2 N–H and O–H groups in total. The first-order valence-electron chi connectivity index (χ1n) is 5.18.